The summed E-state index contributed by atoms with van der Waals surface area (Å²) in [7, 11) is 1.89. The van der Waals surface area contributed by atoms with Crippen molar-refractivity contribution < 1.29 is 0 Å². The molecule has 31 heavy (non-hydrogen) atoms. The quantitative estimate of drug-likeness (QED) is 0.306. The lowest BCUT2D eigenvalue weighted by atomic mass is 10.3. The van der Waals surface area contributed by atoms with Gasteiger partial charge in [-0.05, 0) is 71.7 Å². The Morgan fingerprint density at radius 1 is 0.742 bits per heavy atom. The molecule has 6 nitrogen and oxygen atoms in total. The van der Waals surface area contributed by atoms with E-state index in [4.69, 9.17) is 46.4 Å². The standard InChI is InChI=1S/C11H9Cl2N3.C10H7Cl2N3/c1-16(9-4-2-3-8(12)7-9)10-5-6-14-11(13)15-10;11-7-2-1-3-8(6-7)14-9-4-5-13-10(12)15-9/h2-7H,1H3;1-6H,(H,13,14,15). The minimum absolute atomic E-state index is 0.210. The Bertz CT molecular complexity index is 1070. The van der Waals surface area contributed by atoms with E-state index in [0.29, 0.717) is 15.9 Å². The van der Waals surface area contributed by atoms with Crippen LogP contribution in [-0.2, 0) is 0 Å². The van der Waals surface area contributed by atoms with Crippen molar-refractivity contribution in [3.8, 4) is 0 Å². The third kappa shape index (κ3) is 7.22. The topological polar surface area (TPSA) is 66.8 Å². The Balaban J connectivity index is 0.000000176. The molecule has 0 radical (unpaired) electrons. The van der Waals surface area contributed by atoms with E-state index in [1.807, 2.05) is 48.3 Å². The van der Waals surface area contributed by atoms with Crippen molar-refractivity contribution >= 4 is 69.4 Å². The summed E-state index contributed by atoms with van der Waals surface area (Å²) in [5.74, 6) is 1.36. The van der Waals surface area contributed by atoms with Crippen LogP contribution in [0.4, 0.5) is 23.0 Å². The van der Waals surface area contributed by atoms with Crippen LogP contribution in [0.2, 0.25) is 20.6 Å². The van der Waals surface area contributed by atoms with E-state index in [2.05, 4.69) is 25.3 Å². The number of nitrogens with one attached hydrogen (secondary N) is 1. The van der Waals surface area contributed by atoms with Crippen LogP contribution >= 0.6 is 46.4 Å². The number of halogens is 4. The zero-order valence-electron chi connectivity index (χ0n) is 16.2. The predicted molar refractivity (Wildman–Crippen MR) is 128 cm³/mol. The third-order valence-electron chi connectivity index (χ3n) is 3.87. The molecule has 0 aliphatic carbocycles. The van der Waals surface area contributed by atoms with Gasteiger partial charge in [0.2, 0.25) is 10.6 Å². The number of benzene rings is 2. The Morgan fingerprint density at radius 2 is 1.39 bits per heavy atom. The maximum absolute atomic E-state index is 5.92. The van der Waals surface area contributed by atoms with Crippen molar-refractivity contribution in [2.45, 2.75) is 0 Å². The van der Waals surface area contributed by atoms with Gasteiger partial charge in [0, 0.05) is 40.9 Å². The Kier molecular flexibility index (Phi) is 8.26. The SMILES string of the molecule is CN(c1cccc(Cl)c1)c1ccnc(Cl)n1.Clc1cccc(Nc2ccnc(Cl)n2)c1. The van der Waals surface area contributed by atoms with Crippen LogP contribution in [0, 0.1) is 0 Å². The highest BCUT2D eigenvalue weighted by atomic mass is 35.5. The van der Waals surface area contributed by atoms with E-state index >= 15 is 0 Å². The lowest BCUT2D eigenvalue weighted by Crippen LogP contribution is -2.11. The minimum Gasteiger partial charge on any atom is -0.340 e. The van der Waals surface area contributed by atoms with Gasteiger partial charge in [-0.2, -0.15) is 0 Å². The van der Waals surface area contributed by atoms with Crippen LogP contribution in [0.15, 0.2) is 73.1 Å². The summed E-state index contributed by atoms with van der Waals surface area (Å²) in [6, 6.07) is 18.4. The average molecular weight is 494 g/mol. The zero-order chi connectivity index (χ0) is 22.2. The van der Waals surface area contributed by atoms with Crippen molar-refractivity contribution in [3.05, 3.63) is 93.7 Å². The second-order valence-corrected chi connectivity index (χ2v) is 7.62. The van der Waals surface area contributed by atoms with Crippen molar-refractivity contribution in [3.63, 3.8) is 0 Å². The van der Waals surface area contributed by atoms with Crippen molar-refractivity contribution in [1.29, 1.82) is 0 Å². The number of rotatable bonds is 4. The normalized spacial score (nSPS) is 10.1. The van der Waals surface area contributed by atoms with Crippen LogP contribution in [0.25, 0.3) is 0 Å². The fraction of sp³-hybridized carbons (Fsp3) is 0.0476. The predicted octanol–water partition coefficient (Wildman–Crippen LogP) is 7.08. The fourth-order valence-corrected chi connectivity index (χ4v) is 3.11. The molecule has 158 valence electrons. The lowest BCUT2D eigenvalue weighted by Gasteiger charge is -2.18. The highest BCUT2D eigenvalue weighted by Crippen LogP contribution is 2.24. The Labute approximate surface area is 199 Å². The van der Waals surface area contributed by atoms with Gasteiger partial charge < -0.3 is 10.2 Å². The lowest BCUT2D eigenvalue weighted by molar-refractivity contribution is 1.08. The molecule has 0 unspecified atom stereocenters. The largest absolute Gasteiger partial charge is 0.340 e. The zero-order valence-corrected chi connectivity index (χ0v) is 19.2. The van der Waals surface area contributed by atoms with Gasteiger partial charge in [0.1, 0.15) is 11.6 Å². The number of nitrogens with zero attached hydrogens (tertiary/aromatic N) is 5. The Morgan fingerprint density at radius 3 is 2.03 bits per heavy atom. The molecular weight excluding hydrogens is 478 g/mol. The molecule has 0 aliphatic rings. The number of hydrogen-bond donors (Lipinski definition) is 1. The number of hydrogen-bond acceptors (Lipinski definition) is 6. The summed E-state index contributed by atoms with van der Waals surface area (Å²) in [5, 5.41) is 4.86. The van der Waals surface area contributed by atoms with E-state index in [1.165, 1.54) is 0 Å². The molecule has 2 aromatic heterocycles. The van der Waals surface area contributed by atoms with Gasteiger partial charge in [-0.3, -0.25) is 0 Å². The molecule has 0 fully saturated rings. The molecule has 4 rings (SSSR count). The fourth-order valence-electron chi connectivity index (χ4n) is 2.45. The Hall–Kier alpha value is -2.64. The van der Waals surface area contributed by atoms with Gasteiger partial charge in [0.05, 0.1) is 0 Å². The highest BCUT2D eigenvalue weighted by Gasteiger charge is 2.06. The summed E-state index contributed by atoms with van der Waals surface area (Å²) < 4.78 is 0. The maximum Gasteiger partial charge on any atom is 0.224 e. The minimum atomic E-state index is 0.210. The molecule has 0 bridgehead atoms. The van der Waals surface area contributed by atoms with Gasteiger partial charge in [0.25, 0.3) is 0 Å². The van der Waals surface area contributed by atoms with Crippen LogP contribution in [0.1, 0.15) is 0 Å². The first-order valence-corrected chi connectivity index (χ1v) is 10.4. The second-order valence-electron chi connectivity index (χ2n) is 6.07. The smallest absolute Gasteiger partial charge is 0.224 e. The number of anilines is 4. The first kappa shape index (κ1) is 23.0. The van der Waals surface area contributed by atoms with Crippen LogP contribution in [0.3, 0.4) is 0 Å². The van der Waals surface area contributed by atoms with Gasteiger partial charge >= 0.3 is 0 Å². The molecule has 0 aliphatic heterocycles. The second kappa shape index (κ2) is 11.1. The average Bonchev–Trinajstić information content (AvgIpc) is 2.74. The van der Waals surface area contributed by atoms with E-state index < -0.39 is 0 Å². The van der Waals surface area contributed by atoms with Crippen molar-refractivity contribution in [2.75, 3.05) is 17.3 Å². The monoisotopic (exact) mass is 492 g/mol. The molecule has 0 spiro atoms. The summed E-state index contributed by atoms with van der Waals surface area (Å²) in [6.07, 6.45) is 3.20. The van der Waals surface area contributed by atoms with E-state index in [-0.39, 0.29) is 10.6 Å². The molecule has 0 saturated heterocycles. The van der Waals surface area contributed by atoms with Crippen LogP contribution < -0.4 is 10.2 Å². The van der Waals surface area contributed by atoms with Crippen molar-refractivity contribution in [2.24, 2.45) is 0 Å². The van der Waals surface area contributed by atoms with Crippen LogP contribution in [-0.4, -0.2) is 27.0 Å². The first-order valence-electron chi connectivity index (χ1n) is 8.90. The molecule has 1 N–H and O–H groups in total. The summed E-state index contributed by atoms with van der Waals surface area (Å²) in [6.45, 7) is 0. The molecule has 2 aromatic carbocycles. The van der Waals surface area contributed by atoms with E-state index in [0.717, 1.165) is 17.2 Å². The first-order chi connectivity index (χ1) is 14.9. The molecular formula is C21H16Cl4N6. The van der Waals surface area contributed by atoms with Crippen LogP contribution in [0.5, 0.6) is 0 Å². The summed E-state index contributed by atoms with van der Waals surface area (Å²) >= 11 is 23.2. The van der Waals surface area contributed by atoms with Gasteiger partial charge in [-0.15, -0.1) is 0 Å². The summed E-state index contributed by atoms with van der Waals surface area (Å²) in [5.41, 5.74) is 1.81. The molecule has 2 heterocycles. The molecule has 10 heteroatoms. The highest BCUT2D eigenvalue weighted by molar-refractivity contribution is 6.31. The molecule has 0 saturated carbocycles. The van der Waals surface area contributed by atoms with Crippen molar-refractivity contribution in [1.82, 2.24) is 19.9 Å². The maximum atomic E-state index is 5.92. The van der Waals surface area contributed by atoms with E-state index in [9.17, 15) is 0 Å². The third-order valence-corrected chi connectivity index (χ3v) is 4.71. The van der Waals surface area contributed by atoms with E-state index in [1.54, 1.807) is 36.7 Å². The molecule has 0 atom stereocenters. The van der Waals surface area contributed by atoms with Gasteiger partial charge in [-0.25, -0.2) is 19.9 Å². The molecule has 0 amide bonds. The molecule has 4 aromatic rings. The van der Waals surface area contributed by atoms with Gasteiger partial charge in [0.15, 0.2) is 0 Å². The summed E-state index contributed by atoms with van der Waals surface area (Å²) in [4.78, 5) is 17.6. The number of aromatic nitrogens is 4. The van der Waals surface area contributed by atoms with Gasteiger partial charge in [-0.1, -0.05) is 35.3 Å².